The van der Waals surface area contributed by atoms with E-state index in [0.717, 1.165) is 19.4 Å². The smallest absolute Gasteiger partial charge is 0.0672 e. The highest BCUT2D eigenvalue weighted by atomic mass is 14.9. The average molecular weight is 214 g/mol. The molecule has 0 saturated heterocycles. The fourth-order valence-corrected chi connectivity index (χ4v) is 2.37. The second-order valence-electron chi connectivity index (χ2n) is 4.49. The Morgan fingerprint density at radius 2 is 1.94 bits per heavy atom. The fourth-order valence-electron chi connectivity index (χ4n) is 2.37. The lowest BCUT2D eigenvalue weighted by Gasteiger charge is -2.27. The molecule has 2 heteroatoms. The molecular formula is C14H18N2. The molecule has 0 aliphatic heterocycles. The Morgan fingerprint density at radius 3 is 2.69 bits per heavy atom. The lowest BCUT2D eigenvalue weighted by Crippen LogP contribution is -2.37. The largest absolute Gasteiger partial charge is 0.309 e. The Balaban J connectivity index is 1.87. The van der Waals surface area contributed by atoms with Crippen molar-refractivity contribution in [1.29, 1.82) is 5.26 Å². The molecule has 0 amide bonds. The van der Waals surface area contributed by atoms with Crippen LogP contribution >= 0.6 is 0 Å². The standard InChI is InChI=1S/C14H18N2/c15-10-13-8-4-5-9-14(13)16-11-12-6-2-1-3-7-12/h1-3,6-7,13-14,16H,4-5,8-9,11H2. The minimum Gasteiger partial charge on any atom is -0.309 e. The number of nitrogens with one attached hydrogen (secondary N) is 1. The summed E-state index contributed by atoms with van der Waals surface area (Å²) in [6.45, 7) is 0.879. The SMILES string of the molecule is N#CC1CCCCC1NCc1ccccc1. The van der Waals surface area contributed by atoms with Gasteiger partial charge < -0.3 is 5.32 Å². The van der Waals surface area contributed by atoms with Gasteiger partial charge in [0, 0.05) is 12.6 Å². The molecule has 0 aromatic heterocycles. The van der Waals surface area contributed by atoms with Gasteiger partial charge in [-0.25, -0.2) is 0 Å². The topological polar surface area (TPSA) is 35.8 Å². The molecule has 0 heterocycles. The highest BCUT2D eigenvalue weighted by Crippen LogP contribution is 2.23. The van der Waals surface area contributed by atoms with Crippen molar-refractivity contribution >= 4 is 0 Å². The molecule has 1 N–H and O–H groups in total. The maximum absolute atomic E-state index is 9.07. The van der Waals surface area contributed by atoms with Gasteiger partial charge in [-0.1, -0.05) is 43.2 Å². The average Bonchev–Trinajstić information content (AvgIpc) is 2.38. The van der Waals surface area contributed by atoms with Crippen LogP contribution in [0.25, 0.3) is 0 Å². The maximum atomic E-state index is 9.07. The second-order valence-corrected chi connectivity index (χ2v) is 4.49. The van der Waals surface area contributed by atoms with Gasteiger partial charge in [0.2, 0.25) is 0 Å². The molecule has 2 unspecified atom stereocenters. The first kappa shape index (κ1) is 11.2. The molecule has 1 aliphatic carbocycles. The maximum Gasteiger partial charge on any atom is 0.0672 e. The Morgan fingerprint density at radius 1 is 1.19 bits per heavy atom. The first-order valence-corrected chi connectivity index (χ1v) is 6.07. The van der Waals surface area contributed by atoms with E-state index in [2.05, 4.69) is 35.7 Å². The van der Waals surface area contributed by atoms with Crippen LogP contribution in [0.2, 0.25) is 0 Å². The third-order valence-corrected chi connectivity index (χ3v) is 3.34. The van der Waals surface area contributed by atoms with Gasteiger partial charge in [0.25, 0.3) is 0 Å². The zero-order valence-corrected chi connectivity index (χ0v) is 9.52. The van der Waals surface area contributed by atoms with E-state index in [4.69, 9.17) is 5.26 Å². The predicted molar refractivity (Wildman–Crippen MR) is 64.6 cm³/mol. The van der Waals surface area contributed by atoms with Crippen molar-refractivity contribution in [3.8, 4) is 6.07 Å². The molecule has 1 saturated carbocycles. The van der Waals surface area contributed by atoms with Crippen LogP contribution in [-0.2, 0) is 6.54 Å². The van der Waals surface area contributed by atoms with Gasteiger partial charge >= 0.3 is 0 Å². The number of nitrogens with zero attached hydrogens (tertiary/aromatic N) is 1. The van der Waals surface area contributed by atoms with Crippen molar-refractivity contribution in [2.45, 2.75) is 38.3 Å². The van der Waals surface area contributed by atoms with Crippen LogP contribution in [-0.4, -0.2) is 6.04 Å². The molecule has 1 aliphatic rings. The second kappa shape index (κ2) is 5.67. The van der Waals surface area contributed by atoms with Crippen molar-refractivity contribution in [3.05, 3.63) is 35.9 Å². The van der Waals surface area contributed by atoms with Crippen molar-refractivity contribution in [2.75, 3.05) is 0 Å². The van der Waals surface area contributed by atoms with Crippen LogP contribution in [0.1, 0.15) is 31.2 Å². The van der Waals surface area contributed by atoms with Gasteiger partial charge in [-0.3, -0.25) is 0 Å². The Kier molecular flexibility index (Phi) is 3.96. The molecule has 0 spiro atoms. The molecule has 0 radical (unpaired) electrons. The number of hydrogen-bond acceptors (Lipinski definition) is 2. The van der Waals surface area contributed by atoms with Gasteiger partial charge in [-0.2, -0.15) is 5.26 Å². The number of benzene rings is 1. The monoisotopic (exact) mass is 214 g/mol. The number of hydrogen-bond donors (Lipinski definition) is 1. The summed E-state index contributed by atoms with van der Waals surface area (Å²) in [6, 6.07) is 13.2. The third-order valence-electron chi connectivity index (χ3n) is 3.34. The molecule has 2 rings (SSSR count). The first-order valence-electron chi connectivity index (χ1n) is 6.07. The zero-order valence-electron chi connectivity index (χ0n) is 9.52. The van der Waals surface area contributed by atoms with Gasteiger partial charge in [0.05, 0.1) is 12.0 Å². The van der Waals surface area contributed by atoms with Crippen LogP contribution < -0.4 is 5.32 Å². The number of rotatable bonds is 3. The Labute approximate surface area is 97.3 Å². The van der Waals surface area contributed by atoms with E-state index in [1.807, 2.05) is 6.07 Å². The van der Waals surface area contributed by atoms with Gasteiger partial charge in [-0.05, 0) is 18.4 Å². The van der Waals surface area contributed by atoms with Gasteiger partial charge in [0.1, 0.15) is 0 Å². The van der Waals surface area contributed by atoms with Crippen molar-refractivity contribution in [1.82, 2.24) is 5.32 Å². The van der Waals surface area contributed by atoms with Crippen LogP contribution in [0.5, 0.6) is 0 Å². The molecule has 0 bridgehead atoms. The quantitative estimate of drug-likeness (QED) is 0.839. The Hall–Kier alpha value is -1.33. The van der Waals surface area contributed by atoms with E-state index in [1.165, 1.54) is 18.4 Å². The molecule has 2 atom stereocenters. The summed E-state index contributed by atoms with van der Waals surface area (Å²) in [6.07, 6.45) is 4.67. The Bertz CT molecular complexity index is 353. The summed E-state index contributed by atoms with van der Waals surface area (Å²) in [5.74, 6) is 0.206. The lowest BCUT2D eigenvalue weighted by atomic mass is 9.85. The first-order chi connectivity index (χ1) is 7.90. The van der Waals surface area contributed by atoms with Crippen molar-refractivity contribution in [2.24, 2.45) is 5.92 Å². The van der Waals surface area contributed by atoms with E-state index in [-0.39, 0.29) is 5.92 Å². The highest BCUT2D eigenvalue weighted by molar-refractivity contribution is 5.14. The molecule has 84 valence electrons. The van der Waals surface area contributed by atoms with Gasteiger partial charge in [0.15, 0.2) is 0 Å². The normalized spacial score (nSPS) is 24.9. The van der Waals surface area contributed by atoms with E-state index in [0.29, 0.717) is 6.04 Å². The van der Waals surface area contributed by atoms with Crippen LogP contribution in [0, 0.1) is 17.2 Å². The minimum atomic E-state index is 0.206. The fraction of sp³-hybridized carbons (Fsp3) is 0.500. The van der Waals surface area contributed by atoms with Crippen molar-refractivity contribution in [3.63, 3.8) is 0 Å². The minimum absolute atomic E-state index is 0.206. The molecule has 2 nitrogen and oxygen atoms in total. The summed E-state index contributed by atoms with van der Waals surface area (Å²) >= 11 is 0. The van der Waals surface area contributed by atoms with Crippen LogP contribution in [0.15, 0.2) is 30.3 Å². The molecule has 16 heavy (non-hydrogen) atoms. The summed E-state index contributed by atoms with van der Waals surface area (Å²) in [4.78, 5) is 0. The molecule has 1 aromatic carbocycles. The van der Waals surface area contributed by atoms with E-state index >= 15 is 0 Å². The van der Waals surface area contributed by atoms with Crippen LogP contribution in [0.3, 0.4) is 0 Å². The predicted octanol–water partition coefficient (Wildman–Crippen LogP) is 2.86. The zero-order chi connectivity index (χ0) is 11.2. The summed E-state index contributed by atoms with van der Waals surface area (Å²) in [7, 11) is 0. The molecule has 1 aromatic rings. The van der Waals surface area contributed by atoms with Gasteiger partial charge in [-0.15, -0.1) is 0 Å². The van der Waals surface area contributed by atoms with E-state index in [9.17, 15) is 0 Å². The molecular weight excluding hydrogens is 196 g/mol. The van der Waals surface area contributed by atoms with Crippen LogP contribution in [0.4, 0.5) is 0 Å². The van der Waals surface area contributed by atoms with E-state index < -0.39 is 0 Å². The highest BCUT2D eigenvalue weighted by Gasteiger charge is 2.23. The molecule has 1 fully saturated rings. The summed E-state index contributed by atoms with van der Waals surface area (Å²) < 4.78 is 0. The summed E-state index contributed by atoms with van der Waals surface area (Å²) in [5.41, 5.74) is 1.30. The van der Waals surface area contributed by atoms with E-state index in [1.54, 1.807) is 0 Å². The van der Waals surface area contributed by atoms with Crippen molar-refractivity contribution < 1.29 is 0 Å². The third kappa shape index (κ3) is 2.84. The number of nitriles is 1. The lowest BCUT2D eigenvalue weighted by molar-refractivity contribution is 0.311. The summed E-state index contributed by atoms with van der Waals surface area (Å²) in [5, 5.41) is 12.6.